The molecule has 0 amide bonds. The number of piperazine rings is 1. The van der Waals surface area contributed by atoms with Gasteiger partial charge in [0.2, 0.25) is 6.79 Å². The van der Waals surface area contributed by atoms with E-state index in [1.54, 1.807) is 0 Å². The van der Waals surface area contributed by atoms with Gasteiger partial charge in [-0.2, -0.15) is 13.2 Å². The molecule has 2 aromatic rings. The van der Waals surface area contributed by atoms with Gasteiger partial charge >= 0.3 is 6.18 Å². The van der Waals surface area contributed by atoms with Gasteiger partial charge in [-0.1, -0.05) is 6.07 Å². The van der Waals surface area contributed by atoms with Gasteiger partial charge in [0.05, 0.1) is 5.56 Å². The van der Waals surface area contributed by atoms with Crippen molar-refractivity contribution >= 4 is 5.82 Å². The molecule has 2 aliphatic heterocycles. The Hall–Kier alpha value is -2.48. The second-order valence-electron chi connectivity index (χ2n) is 6.71. The first-order chi connectivity index (χ1) is 12.9. The van der Waals surface area contributed by atoms with E-state index < -0.39 is 11.7 Å². The molecule has 4 rings (SSSR count). The Morgan fingerprint density at radius 2 is 1.74 bits per heavy atom. The fraction of sp³-hybridized carbons (Fsp3) is 0.421. The molecule has 3 heterocycles. The molecule has 2 aliphatic rings. The summed E-state index contributed by atoms with van der Waals surface area (Å²) < 4.78 is 48.8. The van der Waals surface area contributed by atoms with Crippen LogP contribution >= 0.6 is 0 Å². The normalized spacial score (nSPS) is 18.6. The fourth-order valence-corrected chi connectivity index (χ4v) is 3.46. The molecular formula is C19H20F3N3O2. The predicted molar refractivity (Wildman–Crippen MR) is 94.0 cm³/mol. The molecule has 0 radical (unpaired) electrons. The number of rotatable bonds is 3. The van der Waals surface area contributed by atoms with Gasteiger partial charge in [-0.05, 0) is 36.8 Å². The number of alkyl halides is 3. The number of anilines is 1. The van der Waals surface area contributed by atoms with Gasteiger partial charge < -0.3 is 14.4 Å². The minimum absolute atomic E-state index is 0.210. The van der Waals surface area contributed by atoms with Crippen molar-refractivity contribution in [3.8, 4) is 11.5 Å². The second kappa shape index (κ2) is 6.92. The third-order valence-corrected chi connectivity index (χ3v) is 5.14. The summed E-state index contributed by atoms with van der Waals surface area (Å²) in [5, 5.41) is 0. The molecule has 27 heavy (non-hydrogen) atoms. The Balaban J connectivity index is 1.38. The minimum atomic E-state index is -4.36. The Morgan fingerprint density at radius 1 is 1.00 bits per heavy atom. The SMILES string of the molecule is C[C@@H](c1ccc2c(c1)OCO2)N1CCN(c2ccc(C(F)(F)F)cn2)CC1. The van der Waals surface area contributed by atoms with Crippen LogP contribution in [0.2, 0.25) is 0 Å². The zero-order valence-electron chi connectivity index (χ0n) is 14.9. The topological polar surface area (TPSA) is 37.8 Å². The van der Waals surface area contributed by atoms with Gasteiger partial charge in [-0.25, -0.2) is 4.98 Å². The van der Waals surface area contributed by atoms with Crippen molar-refractivity contribution in [1.82, 2.24) is 9.88 Å². The molecule has 0 unspecified atom stereocenters. The Labute approximate surface area is 155 Å². The van der Waals surface area contributed by atoms with E-state index in [0.717, 1.165) is 42.4 Å². The maximum atomic E-state index is 12.7. The van der Waals surface area contributed by atoms with Crippen molar-refractivity contribution in [3.63, 3.8) is 0 Å². The molecule has 1 fully saturated rings. The van der Waals surface area contributed by atoms with Crippen LogP contribution in [-0.4, -0.2) is 42.9 Å². The highest BCUT2D eigenvalue weighted by Gasteiger charge is 2.31. The van der Waals surface area contributed by atoms with Crippen molar-refractivity contribution in [2.24, 2.45) is 0 Å². The van der Waals surface area contributed by atoms with E-state index in [1.807, 2.05) is 23.1 Å². The standard InChI is InChI=1S/C19H20F3N3O2/c1-13(14-2-4-16-17(10-14)27-12-26-16)24-6-8-25(9-7-24)18-5-3-15(11-23-18)19(20,21)22/h2-5,10-11,13H,6-9,12H2,1H3/t13-/m0/s1. The summed E-state index contributed by atoms with van der Waals surface area (Å²) in [6.45, 7) is 5.44. The van der Waals surface area contributed by atoms with Gasteiger partial charge in [0.15, 0.2) is 11.5 Å². The van der Waals surface area contributed by atoms with Crippen molar-refractivity contribution in [2.75, 3.05) is 37.9 Å². The molecule has 0 saturated carbocycles. The third kappa shape index (κ3) is 3.66. The van der Waals surface area contributed by atoms with Crippen LogP contribution in [0, 0.1) is 0 Å². The number of halogens is 3. The number of fused-ring (bicyclic) bond motifs is 1. The molecule has 1 aromatic carbocycles. The zero-order valence-corrected chi connectivity index (χ0v) is 14.9. The Morgan fingerprint density at radius 3 is 2.41 bits per heavy atom. The van der Waals surface area contributed by atoms with Crippen molar-refractivity contribution in [1.29, 1.82) is 0 Å². The predicted octanol–water partition coefficient (Wildman–Crippen LogP) is 3.71. The van der Waals surface area contributed by atoms with Crippen LogP contribution in [0.1, 0.15) is 24.1 Å². The van der Waals surface area contributed by atoms with Gasteiger partial charge in [-0.15, -0.1) is 0 Å². The summed E-state index contributed by atoms with van der Waals surface area (Å²) in [5.41, 5.74) is 0.432. The lowest BCUT2D eigenvalue weighted by molar-refractivity contribution is -0.137. The van der Waals surface area contributed by atoms with E-state index in [0.29, 0.717) is 18.9 Å². The average molecular weight is 379 g/mol. The lowest BCUT2D eigenvalue weighted by Gasteiger charge is -2.38. The summed E-state index contributed by atoms with van der Waals surface area (Å²) in [5.74, 6) is 2.12. The van der Waals surface area contributed by atoms with Gasteiger partial charge in [-0.3, -0.25) is 4.90 Å². The number of aromatic nitrogens is 1. The van der Waals surface area contributed by atoms with E-state index in [9.17, 15) is 13.2 Å². The van der Waals surface area contributed by atoms with Gasteiger partial charge in [0.1, 0.15) is 5.82 Å². The van der Waals surface area contributed by atoms with Crippen LogP contribution in [0.25, 0.3) is 0 Å². The first-order valence-electron chi connectivity index (χ1n) is 8.83. The van der Waals surface area contributed by atoms with Gasteiger partial charge in [0.25, 0.3) is 0 Å². The van der Waals surface area contributed by atoms with E-state index in [2.05, 4.69) is 16.8 Å². The highest BCUT2D eigenvalue weighted by molar-refractivity contribution is 5.45. The van der Waals surface area contributed by atoms with Crippen LogP contribution in [0.15, 0.2) is 36.5 Å². The summed E-state index contributed by atoms with van der Waals surface area (Å²) >= 11 is 0. The third-order valence-electron chi connectivity index (χ3n) is 5.14. The zero-order chi connectivity index (χ0) is 19.0. The van der Waals surface area contributed by atoms with Crippen LogP contribution < -0.4 is 14.4 Å². The lowest BCUT2D eigenvalue weighted by atomic mass is 10.1. The maximum Gasteiger partial charge on any atom is 0.417 e. The van der Waals surface area contributed by atoms with Gasteiger partial charge in [0, 0.05) is 38.4 Å². The molecule has 1 saturated heterocycles. The van der Waals surface area contributed by atoms with E-state index in [4.69, 9.17) is 9.47 Å². The quantitative estimate of drug-likeness (QED) is 0.813. The molecule has 0 aliphatic carbocycles. The molecular weight excluding hydrogens is 359 g/mol. The van der Waals surface area contributed by atoms with E-state index >= 15 is 0 Å². The van der Waals surface area contributed by atoms with Crippen molar-refractivity contribution in [2.45, 2.75) is 19.1 Å². The number of nitrogens with zero attached hydrogens (tertiary/aromatic N) is 3. The fourth-order valence-electron chi connectivity index (χ4n) is 3.46. The van der Waals surface area contributed by atoms with E-state index in [-0.39, 0.29) is 12.8 Å². The molecule has 0 bridgehead atoms. The number of pyridine rings is 1. The molecule has 144 valence electrons. The second-order valence-corrected chi connectivity index (χ2v) is 6.71. The van der Waals surface area contributed by atoms with E-state index in [1.165, 1.54) is 6.07 Å². The van der Waals surface area contributed by atoms with Crippen LogP contribution in [0.5, 0.6) is 11.5 Å². The molecule has 8 heteroatoms. The first kappa shape index (κ1) is 17.9. The Bertz CT molecular complexity index is 803. The highest BCUT2D eigenvalue weighted by atomic mass is 19.4. The smallest absolute Gasteiger partial charge is 0.417 e. The van der Waals surface area contributed by atoms with Crippen LogP contribution in [0.3, 0.4) is 0 Å². The monoisotopic (exact) mass is 379 g/mol. The number of ether oxygens (including phenoxy) is 2. The maximum absolute atomic E-state index is 12.7. The minimum Gasteiger partial charge on any atom is -0.454 e. The summed E-state index contributed by atoms with van der Waals surface area (Å²) in [6.07, 6.45) is -3.46. The lowest BCUT2D eigenvalue weighted by Crippen LogP contribution is -2.47. The summed E-state index contributed by atoms with van der Waals surface area (Å²) in [4.78, 5) is 8.36. The van der Waals surface area contributed by atoms with Crippen LogP contribution in [0.4, 0.5) is 19.0 Å². The Kier molecular flexibility index (Phi) is 4.59. The summed E-state index contributed by atoms with van der Waals surface area (Å²) in [7, 11) is 0. The largest absolute Gasteiger partial charge is 0.454 e. The highest BCUT2D eigenvalue weighted by Crippen LogP contribution is 2.35. The molecule has 0 spiro atoms. The number of hydrogen-bond donors (Lipinski definition) is 0. The molecule has 0 N–H and O–H groups in total. The first-order valence-corrected chi connectivity index (χ1v) is 8.83. The molecule has 5 nitrogen and oxygen atoms in total. The van der Waals surface area contributed by atoms with Crippen LogP contribution in [-0.2, 0) is 6.18 Å². The van der Waals surface area contributed by atoms with Crippen molar-refractivity contribution < 1.29 is 22.6 Å². The average Bonchev–Trinajstić information content (AvgIpc) is 3.15. The number of hydrogen-bond acceptors (Lipinski definition) is 5. The number of benzene rings is 1. The molecule has 1 aromatic heterocycles. The summed E-state index contributed by atoms with van der Waals surface area (Å²) in [6, 6.07) is 8.72. The van der Waals surface area contributed by atoms with Crippen molar-refractivity contribution in [3.05, 3.63) is 47.7 Å². The molecule has 1 atom stereocenters.